The summed E-state index contributed by atoms with van der Waals surface area (Å²) in [5.41, 5.74) is 3.55. The lowest BCUT2D eigenvalue weighted by molar-refractivity contribution is 0.0216. The number of hydrogen-bond donors (Lipinski definition) is 4. The molecule has 12 heteroatoms. The van der Waals surface area contributed by atoms with Crippen molar-refractivity contribution >= 4 is 43.2 Å². The Bertz CT molecular complexity index is 1580. The molecule has 0 saturated heterocycles. The molecule has 0 amide bonds. The number of sulfone groups is 1. The van der Waals surface area contributed by atoms with E-state index in [1.54, 1.807) is 11.3 Å². The van der Waals surface area contributed by atoms with E-state index >= 15 is 0 Å². The highest BCUT2D eigenvalue weighted by Gasteiger charge is 2.50. The number of nitrogens with one attached hydrogen (secondary N) is 2. The summed E-state index contributed by atoms with van der Waals surface area (Å²) in [4.78, 5) is 19.6. The van der Waals surface area contributed by atoms with E-state index in [-0.39, 0.29) is 11.3 Å². The molecule has 0 spiro atoms. The summed E-state index contributed by atoms with van der Waals surface area (Å²) in [5, 5.41) is 29.6. The zero-order chi connectivity index (χ0) is 28.5. The third-order valence-corrected chi connectivity index (χ3v) is 11.6. The Morgan fingerprint density at radius 2 is 1.83 bits per heavy atom. The molecule has 3 aromatic heterocycles. The van der Waals surface area contributed by atoms with Gasteiger partial charge in [0.2, 0.25) is 5.95 Å². The molecule has 10 nitrogen and oxygen atoms in total. The minimum absolute atomic E-state index is 0.0477. The Hall–Kier alpha value is -2.41. The fraction of sp³-hybridized carbons (Fsp3) is 0.655. The van der Waals surface area contributed by atoms with Crippen molar-refractivity contribution < 1.29 is 18.6 Å². The van der Waals surface area contributed by atoms with Gasteiger partial charge in [0.05, 0.1) is 39.5 Å². The average molecular weight is 599 g/mol. The first-order valence-electron chi connectivity index (χ1n) is 14.8. The molecule has 0 aromatic carbocycles. The normalized spacial score (nSPS) is 27.9. The number of aliphatic hydroxyl groups is 2. The second-order valence-electron chi connectivity index (χ2n) is 12.8. The molecule has 4 fully saturated rings. The van der Waals surface area contributed by atoms with Gasteiger partial charge in [-0.05, 0) is 63.9 Å². The van der Waals surface area contributed by atoms with Gasteiger partial charge in [0.15, 0.2) is 0 Å². The smallest absolute Gasteiger partial charge is 0.225 e. The monoisotopic (exact) mass is 598 g/mol. The molecule has 7 rings (SSSR count). The first-order valence-corrected chi connectivity index (χ1v) is 17.7. The van der Waals surface area contributed by atoms with Crippen molar-refractivity contribution in [2.75, 3.05) is 22.6 Å². The Labute approximate surface area is 244 Å². The molecule has 4 aliphatic carbocycles. The molecule has 4 aliphatic rings. The van der Waals surface area contributed by atoms with Crippen molar-refractivity contribution in [2.24, 2.45) is 11.8 Å². The number of pyridine rings is 1. The Kier molecular flexibility index (Phi) is 6.76. The standard InChI is InChI=1S/C29H38N6O4S2/c1-15-21(27-33-23-20(40-27)9-12-30-22(23)16-7-8-16)26(32-19-13-17(14-41(2,38)39)24(36)25(19)37)34-28(31-15)35-29(10-11-29)18-5-3-4-6-18/h9,12,16-19,24-25,36-37H,3-8,10-11,13-14H2,1-2H3,(H2,31,32,34,35)/t17-,19-,24-,25+/m1/s1. The molecular weight excluding hydrogens is 560 g/mol. The summed E-state index contributed by atoms with van der Waals surface area (Å²) in [6.07, 6.45) is 10.5. The van der Waals surface area contributed by atoms with Crippen LogP contribution in [0.25, 0.3) is 20.8 Å². The van der Waals surface area contributed by atoms with Crippen LogP contribution in [0.4, 0.5) is 11.8 Å². The molecule has 41 heavy (non-hydrogen) atoms. The highest BCUT2D eigenvalue weighted by molar-refractivity contribution is 7.90. The largest absolute Gasteiger partial charge is 0.390 e. The lowest BCUT2D eigenvalue weighted by Gasteiger charge is -2.26. The number of fused-ring (bicyclic) bond motifs is 1. The number of thiazole rings is 1. The SMILES string of the molecule is Cc1nc(NC2(C3CCCC3)CC2)nc(N[C@@H]2C[C@H](CS(C)(=O)=O)[C@@H](O)[C@H]2O)c1-c1nc2c(C3CC3)nccc2s1. The fourth-order valence-corrected chi connectivity index (χ4v) is 9.27. The van der Waals surface area contributed by atoms with Crippen molar-refractivity contribution in [3.05, 3.63) is 23.7 Å². The van der Waals surface area contributed by atoms with Crippen LogP contribution in [0, 0.1) is 18.8 Å². The number of hydrogen-bond acceptors (Lipinski definition) is 11. The lowest BCUT2D eigenvalue weighted by Crippen LogP contribution is -2.36. The van der Waals surface area contributed by atoms with Crippen LogP contribution in [0.15, 0.2) is 12.3 Å². The van der Waals surface area contributed by atoms with E-state index in [0.717, 1.165) is 64.1 Å². The first kappa shape index (κ1) is 27.4. The van der Waals surface area contributed by atoms with Crippen LogP contribution in [0.3, 0.4) is 0 Å². The Morgan fingerprint density at radius 1 is 1.07 bits per heavy atom. The number of aryl methyl sites for hydroxylation is 1. The van der Waals surface area contributed by atoms with Crippen LogP contribution in [0.1, 0.15) is 75.1 Å². The quantitative estimate of drug-likeness (QED) is 0.284. The second kappa shape index (κ2) is 10.1. The molecule has 4 saturated carbocycles. The van der Waals surface area contributed by atoms with Gasteiger partial charge in [0.1, 0.15) is 32.3 Å². The van der Waals surface area contributed by atoms with E-state index in [4.69, 9.17) is 15.0 Å². The third kappa shape index (κ3) is 5.32. The first-order chi connectivity index (χ1) is 19.6. The van der Waals surface area contributed by atoms with Gasteiger partial charge in [0.25, 0.3) is 0 Å². The van der Waals surface area contributed by atoms with Crippen molar-refractivity contribution in [1.82, 2.24) is 19.9 Å². The molecule has 4 N–H and O–H groups in total. The van der Waals surface area contributed by atoms with Crippen LogP contribution in [-0.4, -0.2) is 74.4 Å². The summed E-state index contributed by atoms with van der Waals surface area (Å²) >= 11 is 1.57. The van der Waals surface area contributed by atoms with E-state index in [9.17, 15) is 18.6 Å². The minimum Gasteiger partial charge on any atom is -0.390 e. The maximum atomic E-state index is 12.0. The molecule has 3 heterocycles. The van der Waals surface area contributed by atoms with Crippen LogP contribution in [0.5, 0.6) is 0 Å². The fourth-order valence-electron chi connectivity index (χ4n) is 7.09. The molecule has 0 bridgehead atoms. The number of anilines is 2. The van der Waals surface area contributed by atoms with E-state index in [1.165, 1.54) is 25.7 Å². The van der Waals surface area contributed by atoms with Crippen LogP contribution < -0.4 is 10.6 Å². The third-order valence-electron chi connectivity index (χ3n) is 9.53. The number of aliphatic hydroxyl groups excluding tert-OH is 2. The lowest BCUT2D eigenvalue weighted by atomic mass is 9.96. The molecular formula is C29H38N6O4S2. The zero-order valence-corrected chi connectivity index (χ0v) is 25.1. The van der Waals surface area contributed by atoms with Gasteiger partial charge < -0.3 is 20.8 Å². The van der Waals surface area contributed by atoms with E-state index in [2.05, 4.69) is 15.6 Å². The topological polar surface area (TPSA) is 150 Å². The predicted octanol–water partition coefficient (Wildman–Crippen LogP) is 4.04. The van der Waals surface area contributed by atoms with Gasteiger partial charge in [-0.1, -0.05) is 12.8 Å². The molecule has 0 aliphatic heterocycles. The summed E-state index contributed by atoms with van der Waals surface area (Å²) in [7, 11) is -3.32. The van der Waals surface area contributed by atoms with Crippen molar-refractivity contribution in [3.63, 3.8) is 0 Å². The Morgan fingerprint density at radius 3 is 2.51 bits per heavy atom. The highest BCUT2D eigenvalue weighted by Crippen LogP contribution is 2.51. The van der Waals surface area contributed by atoms with Crippen molar-refractivity contribution in [3.8, 4) is 10.6 Å². The van der Waals surface area contributed by atoms with Crippen LogP contribution >= 0.6 is 11.3 Å². The molecule has 0 unspecified atom stereocenters. The van der Waals surface area contributed by atoms with Gasteiger partial charge in [-0.2, -0.15) is 4.98 Å². The molecule has 220 valence electrons. The summed E-state index contributed by atoms with van der Waals surface area (Å²) in [6, 6.07) is 1.42. The van der Waals surface area contributed by atoms with Gasteiger partial charge >= 0.3 is 0 Å². The van der Waals surface area contributed by atoms with Gasteiger partial charge in [-0.15, -0.1) is 11.3 Å². The maximum Gasteiger partial charge on any atom is 0.225 e. The molecule has 3 aromatic rings. The van der Waals surface area contributed by atoms with Gasteiger partial charge in [0, 0.05) is 29.8 Å². The second-order valence-corrected chi connectivity index (χ2v) is 16.0. The van der Waals surface area contributed by atoms with E-state index in [0.29, 0.717) is 30.0 Å². The molecule has 0 radical (unpaired) electrons. The van der Waals surface area contributed by atoms with Gasteiger partial charge in [-0.3, -0.25) is 4.98 Å². The number of aromatic nitrogens is 4. The predicted molar refractivity (Wildman–Crippen MR) is 160 cm³/mol. The van der Waals surface area contributed by atoms with E-state index < -0.39 is 34.0 Å². The summed E-state index contributed by atoms with van der Waals surface area (Å²) in [6.45, 7) is 1.96. The average Bonchev–Trinajstić information content (AvgIpc) is 3.77. The van der Waals surface area contributed by atoms with Crippen LogP contribution in [-0.2, 0) is 9.84 Å². The van der Waals surface area contributed by atoms with Crippen LogP contribution in [0.2, 0.25) is 0 Å². The van der Waals surface area contributed by atoms with Gasteiger partial charge in [-0.25, -0.2) is 18.4 Å². The highest BCUT2D eigenvalue weighted by atomic mass is 32.2. The Balaban J connectivity index is 1.26. The molecule has 4 atom stereocenters. The summed E-state index contributed by atoms with van der Waals surface area (Å²) in [5.74, 6) is 1.45. The van der Waals surface area contributed by atoms with E-state index in [1.807, 2.05) is 19.2 Å². The number of rotatable bonds is 9. The number of nitrogens with zero attached hydrogens (tertiary/aromatic N) is 4. The van der Waals surface area contributed by atoms with Crippen molar-refractivity contribution in [1.29, 1.82) is 0 Å². The minimum atomic E-state index is -3.32. The summed E-state index contributed by atoms with van der Waals surface area (Å²) < 4.78 is 25.0. The maximum absolute atomic E-state index is 12.0. The zero-order valence-electron chi connectivity index (χ0n) is 23.5. The van der Waals surface area contributed by atoms with Crippen molar-refractivity contribution in [2.45, 2.75) is 94.4 Å².